The Balaban J connectivity index is 1.53. The molecule has 0 radical (unpaired) electrons. The smallest absolute Gasteiger partial charge is 0.315 e. The molecule has 0 aromatic rings. The van der Waals surface area contributed by atoms with Gasteiger partial charge in [-0.1, -0.05) is 6.42 Å². The first-order valence-corrected chi connectivity index (χ1v) is 8.05. The van der Waals surface area contributed by atoms with Gasteiger partial charge in [0.25, 0.3) is 0 Å². The number of piperidine rings is 1. The quantitative estimate of drug-likeness (QED) is 0.781. The van der Waals surface area contributed by atoms with Crippen LogP contribution in [0.5, 0.6) is 0 Å². The molecule has 0 atom stereocenters. The van der Waals surface area contributed by atoms with Gasteiger partial charge in [-0.05, 0) is 64.1 Å². The fourth-order valence-electron chi connectivity index (χ4n) is 3.42. The molecule has 1 saturated carbocycles. The van der Waals surface area contributed by atoms with Crippen LogP contribution in [-0.2, 0) is 0 Å². The van der Waals surface area contributed by atoms with Gasteiger partial charge in [0.2, 0.25) is 0 Å². The number of nitrogens with one attached hydrogen (secondary N) is 1. The molecule has 2 aliphatic rings. The highest BCUT2D eigenvalue weighted by molar-refractivity contribution is 4.78. The SMILES string of the molecule is FC(F)(F)C1CCC(CNCCN2CCCCC2)CC1. The van der Waals surface area contributed by atoms with Gasteiger partial charge < -0.3 is 10.2 Å². The van der Waals surface area contributed by atoms with Crippen molar-refractivity contribution in [2.75, 3.05) is 32.7 Å². The zero-order valence-corrected chi connectivity index (χ0v) is 12.2. The lowest BCUT2D eigenvalue weighted by atomic mass is 9.81. The van der Waals surface area contributed by atoms with Gasteiger partial charge in [-0.3, -0.25) is 0 Å². The van der Waals surface area contributed by atoms with Gasteiger partial charge in [-0.25, -0.2) is 0 Å². The molecule has 1 saturated heterocycles. The molecule has 2 fully saturated rings. The zero-order valence-electron chi connectivity index (χ0n) is 12.2. The molecule has 1 heterocycles. The Hall–Kier alpha value is -0.290. The van der Waals surface area contributed by atoms with Crippen molar-refractivity contribution in [1.82, 2.24) is 10.2 Å². The second-order valence-electron chi connectivity index (χ2n) is 6.37. The van der Waals surface area contributed by atoms with E-state index in [0.717, 1.165) is 32.5 Å². The summed E-state index contributed by atoms with van der Waals surface area (Å²) in [4.78, 5) is 2.48. The van der Waals surface area contributed by atoms with E-state index in [1.807, 2.05) is 0 Å². The molecule has 0 aromatic heterocycles. The summed E-state index contributed by atoms with van der Waals surface area (Å²) in [6, 6.07) is 0. The lowest BCUT2D eigenvalue weighted by molar-refractivity contribution is -0.183. The van der Waals surface area contributed by atoms with E-state index in [0.29, 0.717) is 18.8 Å². The van der Waals surface area contributed by atoms with Crippen molar-refractivity contribution >= 4 is 0 Å². The number of hydrogen-bond acceptors (Lipinski definition) is 2. The van der Waals surface area contributed by atoms with Crippen LogP contribution in [0.15, 0.2) is 0 Å². The van der Waals surface area contributed by atoms with E-state index in [1.54, 1.807) is 0 Å². The van der Waals surface area contributed by atoms with E-state index in [4.69, 9.17) is 0 Å². The number of alkyl halides is 3. The van der Waals surface area contributed by atoms with Crippen LogP contribution in [0.2, 0.25) is 0 Å². The third-order valence-electron chi connectivity index (χ3n) is 4.80. The standard InChI is InChI=1S/C15H27F3N2/c16-15(17,18)14-6-4-13(5-7-14)12-19-8-11-20-9-2-1-3-10-20/h13-14,19H,1-12H2. The predicted molar refractivity (Wildman–Crippen MR) is 74.7 cm³/mol. The predicted octanol–water partition coefficient (Wildman–Crippen LogP) is 3.43. The molecular weight excluding hydrogens is 265 g/mol. The molecular formula is C15H27F3N2. The van der Waals surface area contributed by atoms with Gasteiger partial charge in [0, 0.05) is 13.1 Å². The van der Waals surface area contributed by atoms with Crippen LogP contribution >= 0.6 is 0 Å². The van der Waals surface area contributed by atoms with E-state index in [1.165, 1.54) is 32.4 Å². The number of hydrogen-bond donors (Lipinski definition) is 1. The topological polar surface area (TPSA) is 15.3 Å². The molecule has 1 N–H and O–H groups in total. The molecule has 0 spiro atoms. The molecule has 0 amide bonds. The first-order valence-electron chi connectivity index (χ1n) is 8.05. The third kappa shape index (κ3) is 5.24. The average Bonchev–Trinajstić information content (AvgIpc) is 2.44. The van der Waals surface area contributed by atoms with Crippen LogP contribution in [0.3, 0.4) is 0 Å². The minimum atomic E-state index is -3.98. The fourth-order valence-corrected chi connectivity index (χ4v) is 3.42. The number of halogens is 3. The minimum absolute atomic E-state index is 0.321. The van der Waals surface area contributed by atoms with Crippen LogP contribution in [0, 0.1) is 11.8 Å². The Kier molecular flexibility index (Phi) is 6.15. The van der Waals surface area contributed by atoms with Crippen LogP contribution < -0.4 is 5.32 Å². The largest absolute Gasteiger partial charge is 0.391 e. The molecule has 0 unspecified atom stereocenters. The second-order valence-corrected chi connectivity index (χ2v) is 6.37. The Morgan fingerprint density at radius 1 is 0.950 bits per heavy atom. The van der Waals surface area contributed by atoms with Crippen LogP contribution in [0.25, 0.3) is 0 Å². The molecule has 5 heteroatoms. The van der Waals surface area contributed by atoms with Crippen molar-refractivity contribution in [2.24, 2.45) is 11.8 Å². The first kappa shape index (κ1) is 16.1. The molecule has 1 aliphatic carbocycles. The van der Waals surface area contributed by atoms with E-state index in [2.05, 4.69) is 10.2 Å². The third-order valence-corrected chi connectivity index (χ3v) is 4.80. The first-order chi connectivity index (χ1) is 9.55. The Morgan fingerprint density at radius 2 is 1.60 bits per heavy atom. The maximum atomic E-state index is 12.6. The Labute approximate surface area is 120 Å². The molecule has 2 rings (SSSR count). The van der Waals surface area contributed by atoms with Crippen molar-refractivity contribution in [3.05, 3.63) is 0 Å². The minimum Gasteiger partial charge on any atom is -0.315 e. The number of nitrogens with zero attached hydrogens (tertiary/aromatic N) is 1. The molecule has 118 valence electrons. The summed E-state index contributed by atoms with van der Waals surface area (Å²) in [5.41, 5.74) is 0. The van der Waals surface area contributed by atoms with E-state index >= 15 is 0 Å². The van der Waals surface area contributed by atoms with Gasteiger partial charge in [-0.2, -0.15) is 13.2 Å². The van der Waals surface area contributed by atoms with Gasteiger partial charge in [0.1, 0.15) is 0 Å². The van der Waals surface area contributed by atoms with Crippen molar-refractivity contribution in [2.45, 2.75) is 51.1 Å². The monoisotopic (exact) mass is 292 g/mol. The Morgan fingerprint density at radius 3 is 2.20 bits per heavy atom. The normalized spacial score (nSPS) is 29.6. The highest BCUT2D eigenvalue weighted by Gasteiger charge is 2.41. The van der Waals surface area contributed by atoms with Crippen LogP contribution in [0.1, 0.15) is 44.9 Å². The van der Waals surface area contributed by atoms with Crippen molar-refractivity contribution in [1.29, 1.82) is 0 Å². The number of rotatable bonds is 5. The lowest BCUT2D eigenvalue weighted by Gasteiger charge is -2.30. The van der Waals surface area contributed by atoms with E-state index in [9.17, 15) is 13.2 Å². The summed E-state index contributed by atoms with van der Waals surface area (Å²) in [6.07, 6.45) is 2.08. The fraction of sp³-hybridized carbons (Fsp3) is 1.00. The van der Waals surface area contributed by atoms with Crippen molar-refractivity contribution in [3.8, 4) is 0 Å². The maximum absolute atomic E-state index is 12.6. The molecule has 0 aromatic carbocycles. The number of likely N-dealkylation sites (tertiary alicyclic amines) is 1. The van der Waals surface area contributed by atoms with Crippen molar-refractivity contribution in [3.63, 3.8) is 0 Å². The molecule has 20 heavy (non-hydrogen) atoms. The van der Waals surface area contributed by atoms with Gasteiger partial charge in [-0.15, -0.1) is 0 Å². The van der Waals surface area contributed by atoms with Gasteiger partial charge in [0.15, 0.2) is 0 Å². The molecule has 2 nitrogen and oxygen atoms in total. The van der Waals surface area contributed by atoms with Gasteiger partial charge >= 0.3 is 6.18 Å². The summed E-state index contributed by atoms with van der Waals surface area (Å²) in [5.74, 6) is -0.609. The highest BCUT2D eigenvalue weighted by atomic mass is 19.4. The second kappa shape index (κ2) is 7.64. The van der Waals surface area contributed by atoms with E-state index < -0.39 is 12.1 Å². The van der Waals surface area contributed by atoms with E-state index in [-0.39, 0.29) is 0 Å². The summed E-state index contributed by atoms with van der Waals surface area (Å²) in [6.45, 7) is 5.35. The summed E-state index contributed by atoms with van der Waals surface area (Å²) in [7, 11) is 0. The zero-order chi connectivity index (χ0) is 14.4. The highest BCUT2D eigenvalue weighted by Crippen LogP contribution is 2.39. The van der Waals surface area contributed by atoms with Crippen LogP contribution in [-0.4, -0.2) is 43.8 Å². The maximum Gasteiger partial charge on any atom is 0.391 e. The summed E-state index contributed by atoms with van der Waals surface area (Å²) >= 11 is 0. The molecule has 0 bridgehead atoms. The summed E-state index contributed by atoms with van der Waals surface area (Å²) < 4.78 is 37.7. The Bertz CT molecular complexity index is 267. The summed E-state index contributed by atoms with van der Waals surface area (Å²) in [5, 5.41) is 3.43. The van der Waals surface area contributed by atoms with Crippen molar-refractivity contribution < 1.29 is 13.2 Å². The lowest BCUT2D eigenvalue weighted by Crippen LogP contribution is -2.38. The average molecular weight is 292 g/mol. The van der Waals surface area contributed by atoms with Crippen LogP contribution in [0.4, 0.5) is 13.2 Å². The van der Waals surface area contributed by atoms with Gasteiger partial charge in [0.05, 0.1) is 5.92 Å². The molecule has 1 aliphatic heterocycles.